The Bertz CT molecular complexity index is 388. The van der Waals surface area contributed by atoms with Crippen LogP contribution in [0.15, 0.2) is 0 Å². The molecule has 0 saturated carbocycles. The predicted molar refractivity (Wildman–Crippen MR) is 84.5 cm³/mol. The molecular weight excluding hydrogens is 284 g/mol. The van der Waals surface area contributed by atoms with E-state index in [0.29, 0.717) is 32.7 Å². The largest absolute Gasteiger partial charge is 0.450 e. The summed E-state index contributed by atoms with van der Waals surface area (Å²) in [5.74, 6) is 2.61. The van der Waals surface area contributed by atoms with Gasteiger partial charge in [-0.3, -0.25) is 4.90 Å². The van der Waals surface area contributed by atoms with E-state index in [0.717, 1.165) is 13.1 Å². The molecule has 1 aliphatic heterocycles. The summed E-state index contributed by atoms with van der Waals surface area (Å²) in [5.41, 5.74) is -0.621. The summed E-state index contributed by atoms with van der Waals surface area (Å²) in [6.07, 6.45) is 5.29. The van der Waals surface area contributed by atoms with Crippen molar-refractivity contribution >= 4 is 6.09 Å². The summed E-state index contributed by atoms with van der Waals surface area (Å²) in [6.45, 7) is 9.39. The normalized spacial score (nSPS) is 20.0. The van der Waals surface area contributed by atoms with Crippen molar-refractivity contribution in [3.8, 4) is 12.3 Å². The lowest BCUT2D eigenvalue weighted by atomic mass is 10.1. The highest BCUT2D eigenvalue weighted by Gasteiger charge is 2.25. The van der Waals surface area contributed by atoms with Gasteiger partial charge in [-0.25, -0.2) is 4.79 Å². The number of hydrogen-bond donors (Lipinski definition) is 1. The number of terminal acetylenes is 1. The molecule has 1 saturated heterocycles. The molecule has 0 bridgehead atoms. The van der Waals surface area contributed by atoms with E-state index in [-0.39, 0.29) is 12.7 Å². The Labute approximate surface area is 133 Å². The number of amides is 1. The van der Waals surface area contributed by atoms with Crippen LogP contribution in [0.25, 0.3) is 0 Å². The number of piperazine rings is 1. The van der Waals surface area contributed by atoms with Gasteiger partial charge in [-0.2, -0.15) is 0 Å². The van der Waals surface area contributed by atoms with E-state index >= 15 is 0 Å². The number of carbonyl (C=O) groups excluding carboxylic acids is 1. The molecule has 1 N–H and O–H groups in total. The Morgan fingerprint density at radius 3 is 2.50 bits per heavy atom. The average Bonchev–Trinajstić information content (AvgIpc) is 2.53. The molecule has 0 spiro atoms. The van der Waals surface area contributed by atoms with E-state index in [4.69, 9.17) is 15.9 Å². The van der Waals surface area contributed by atoms with Crippen molar-refractivity contribution in [2.24, 2.45) is 0 Å². The molecule has 1 aliphatic rings. The number of hydrogen-bond acceptors (Lipinski definition) is 5. The van der Waals surface area contributed by atoms with Gasteiger partial charge < -0.3 is 19.5 Å². The first-order valence-corrected chi connectivity index (χ1v) is 7.88. The van der Waals surface area contributed by atoms with Crippen LogP contribution in [0.4, 0.5) is 4.79 Å². The van der Waals surface area contributed by atoms with E-state index in [1.165, 1.54) is 0 Å². The van der Waals surface area contributed by atoms with Crippen LogP contribution in [0.1, 0.15) is 27.2 Å². The zero-order valence-corrected chi connectivity index (χ0v) is 13.9. The van der Waals surface area contributed by atoms with E-state index in [2.05, 4.69) is 10.8 Å². The van der Waals surface area contributed by atoms with Crippen LogP contribution < -0.4 is 0 Å². The minimum Gasteiger partial charge on any atom is -0.450 e. The van der Waals surface area contributed by atoms with Gasteiger partial charge in [0.1, 0.15) is 5.60 Å². The lowest BCUT2D eigenvalue weighted by Gasteiger charge is -2.35. The molecule has 1 heterocycles. The minimum atomic E-state index is -0.621. The molecule has 0 aliphatic carbocycles. The molecular formula is C16H28N2O4. The Morgan fingerprint density at radius 1 is 1.36 bits per heavy atom. The van der Waals surface area contributed by atoms with Crippen LogP contribution >= 0.6 is 0 Å². The lowest BCUT2D eigenvalue weighted by molar-refractivity contribution is -0.0497. The van der Waals surface area contributed by atoms with Gasteiger partial charge in [0.25, 0.3) is 0 Å². The number of ether oxygens (including phenoxy) is 2. The second-order valence-corrected chi connectivity index (χ2v) is 5.68. The number of nitrogens with zero attached hydrogens (tertiary/aromatic N) is 2. The number of carbonyl (C=O) groups is 1. The molecule has 2 atom stereocenters. The van der Waals surface area contributed by atoms with E-state index < -0.39 is 11.7 Å². The monoisotopic (exact) mass is 312 g/mol. The van der Waals surface area contributed by atoms with Crippen molar-refractivity contribution in [2.75, 3.05) is 45.9 Å². The summed E-state index contributed by atoms with van der Waals surface area (Å²) >= 11 is 0. The number of β-amino-alcohol motifs (C(OH)–C–C–N with tert-alkyl or cyclic N) is 1. The maximum Gasteiger partial charge on any atom is 0.409 e. The van der Waals surface area contributed by atoms with Crippen molar-refractivity contribution in [3.05, 3.63) is 0 Å². The fourth-order valence-corrected chi connectivity index (χ4v) is 2.20. The Morgan fingerprint density at radius 2 is 2.00 bits per heavy atom. The van der Waals surface area contributed by atoms with Gasteiger partial charge >= 0.3 is 6.09 Å². The van der Waals surface area contributed by atoms with Crippen molar-refractivity contribution in [1.82, 2.24) is 9.80 Å². The van der Waals surface area contributed by atoms with E-state index in [1.807, 2.05) is 13.8 Å². The molecule has 6 heteroatoms. The number of rotatable bonds is 7. The number of aliphatic hydroxyl groups excluding tert-OH is 1. The lowest BCUT2D eigenvalue weighted by Crippen LogP contribution is -2.51. The molecule has 1 rings (SSSR count). The zero-order chi connectivity index (χ0) is 16.6. The van der Waals surface area contributed by atoms with Crippen LogP contribution in [-0.2, 0) is 9.47 Å². The summed E-state index contributed by atoms with van der Waals surface area (Å²) in [7, 11) is 0. The van der Waals surface area contributed by atoms with Crippen molar-refractivity contribution in [2.45, 2.75) is 38.9 Å². The van der Waals surface area contributed by atoms with Gasteiger partial charge in [-0.15, -0.1) is 6.42 Å². The molecule has 1 amide bonds. The highest BCUT2D eigenvalue weighted by molar-refractivity contribution is 5.67. The maximum atomic E-state index is 11.6. The second-order valence-electron chi connectivity index (χ2n) is 5.68. The fraction of sp³-hybridized carbons (Fsp3) is 0.812. The average molecular weight is 312 g/mol. The highest BCUT2D eigenvalue weighted by atomic mass is 16.6. The molecule has 0 radical (unpaired) electrons. The first-order valence-electron chi connectivity index (χ1n) is 7.88. The van der Waals surface area contributed by atoms with Gasteiger partial charge in [0.05, 0.1) is 19.3 Å². The summed E-state index contributed by atoms with van der Waals surface area (Å²) in [5, 5.41) is 10.1. The van der Waals surface area contributed by atoms with Gasteiger partial charge in [0.2, 0.25) is 0 Å². The quantitative estimate of drug-likeness (QED) is 0.709. The van der Waals surface area contributed by atoms with Crippen LogP contribution in [0, 0.1) is 12.3 Å². The number of aliphatic hydroxyl groups is 1. The third-order valence-electron chi connectivity index (χ3n) is 3.94. The fourth-order valence-electron chi connectivity index (χ4n) is 2.20. The summed E-state index contributed by atoms with van der Waals surface area (Å²) < 4.78 is 10.6. The van der Waals surface area contributed by atoms with E-state index in [1.54, 1.807) is 11.8 Å². The van der Waals surface area contributed by atoms with Crippen LogP contribution in [0.2, 0.25) is 0 Å². The molecule has 6 nitrogen and oxygen atoms in total. The molecule has 126 valence electrons. The van der Waals surface area contributed by atoms with Gasteiger partial charge in [-0.05, 0) is 20.3 Å². The topological polar surface area (TPSA) is 62.2 Å². The van der Waals surface area contributed by atoms with Crippen LogP contribution in [0.3, 0.4) is 0 Å². The zero-order valence-electron chi connectivity index (χ0n) is 13.9. The van der Waals surface area contributed by atoms with Crippen molar-refractivity contribution in [3.63, 3.8) is 0 Å². The molecule has 0 aromatic rings. The third kappa shape index (κ3) is 5.84. The second kappa shape index (κ2) is 8.99. The van der Waals surface area contributed by atoms with Crippen molar-refractivity contribution < 1.29 is 19.4 Å². The molecule has 0 aromatic heterocycles. The molecule has 0 unspecified atom stereocenters. The Balaban J connectivity index is 2.29. The maximum absolute atomic E-state index is 11.6. The SMILES string of the molecule is C#C[C@](C)(CC)OC[C@@H](O)CN1CCN(C(=O)OCC)CC1. The minimum absolute atomic E-state index is 0.215. The standard InChI is InChI=1S/C16H28N2O4/c1-5-16(4,6-2)22-13-14(19)12-17-8-10-18(11-9-17)15(20)21-7-3/h1,14,19H,6-13H2,2-4H3/t14-,16+/m0/s1. The van der Waals surface area contributed by atoms with Crippen LogP contribution in [0.5, 0.6) is 0 Å². The Hall–Kier alpha value is -1.29. The first-order chi connectivity index (χ1) is 10.4. The summed E-state index contributed by atoms with van der Waals surface area (Å²) in [6, 6.07) is 0. The van der Waals surface area contributed by atoms with Gasteiger partial charge in [0.15, 0.2) is 0 Å². The molecule has 0 aromatic carbocycles. The Kier molecular flexibility index (Phi) is 7.66. The van der Waals surface area contributed by atoms with Gasteiger partial charge in [-0.1, -0.05) is 12.8 Å². The third-order valence-corrected chi connectivity index (χ3v) is 3.94. The molecule has 22 heavy (non-hydrogen) atoms. The van der Waals surface area contributed by atoms with Crippen LogP contribution in [-0.4, -0.2) is 78.6 Å². The van der Waals surface area contributed by atoms with Gasteiger partial charge in [0, 0.05) is 32.7 Å². The molecule has 1 fully saturated rings. The smallest absolute Gasteiger partial charge is 0.409 e. The van der Waals surface area contributed by atoms with Crippen molar-refractivity contribution in [1.29, 1.82) is 0 Å². The first kappa shape index (κ1) is 18.8. The highest BCUT2D eigenvalue weighted by Crippen LogP contribution is 2.14. The van der Waals surface area contributed by atoms with E-state index in [9.17, 15) is 9.90 Å². The summed E-state index contributed by atoms with van der Waals surface area (Å²) in [4.78, 5) is 15.4. The predicted octanol–water partition coefficient (Wildman–Crippen LogP) is 0.940.